The molecule has 0 aliphatic rings. The van der Waals surface area contributed by atoms with Crippen LogP contribution in [0.3, 0.4) is 0 Å². The maximum atomic E-state index is 5.81. The highest BCUT2D eigenvalue weighted by Gasteiger charge is 2.06. The van der Waals surface area contributed by atoms with E-state index >= 15 is 0 Å². The number of pyridine rings is 1. The zero-order valence-electron chi connectivity index (χ0n) is 11.8. The highest BCUT2D eigenvalue weighted by molar-refractivity contribution is 5.45. The van der Waals surface area contributed by atoms with Gasteiger partial charge in [-0.15, -0.1) is 0 Å². The summed E-state index contributed by atoms with van der Waals surface area (Å²) in [6.07, 6.45) is 1.89. The summed E-state index contributed by atoms with van der Waals surface area (Å²) in [6, 6.07) is 12.5. The lowest BCUT2D eigenvalue weighted by molar-refractivity contribution is 0.778. The first-order valence-corrected chi connectivity index (χ1v) is 6.55. The molecule has 100 valence electrons. The maximum absolute atomic E-state index is 5.81. The van der Waals surface area contributed by atoms with Crippen molar-refractivity contribution in [2.75, 3.05) is 11.9 Å². The van der Waals surface area contributed by atoms with Gasteiger partial charge in [-0.3, -0.25) is 4.98 Å². The maximum Gasteiger partial charge on any atom is 0.0569 e. The van der Waals surface area contributed by atoms with Crippen LogP contribution in [0.25, 0.3) is 0 Å². The molecule has 0 bridgehead atoms. The van der Waals surface area contributed by atoms with Gasteiger partial charge < -0.3 is 10.6 Å². The van der Waals surface area contributed by atoms with E-state index in [0.29, 0.717) is 0 Å². The normalized spacial score (nSPS) is 12.2. The number of nitrogens with two attached hydrogens (primary N) is 1. The largest absolute Gasteiger partial charge is 0.369 e. The Bertz CT molecular complexity index is 532. The third kappa shape index (κ3) is 3.32. The Balaban J connectivity index is 2.12. The Hall–Kier alpha value is -1.87. The third-order valence-electron chi connectivity index (χ3n) is 3.35. The van der Waals surface area contributed by atoms with Crippen LogP contribution in [0.4, 0.5) is 5.69 Å². The molecule has 0 aliphatic carbocycles. The molecule has 0 saturated carbocycles. The Labute approximate surface area is 115 Å². The molecule has 0 fully saturated rings. The van der Waals surface area contributed by atoms with Crippen LogP contribution in [0.5, 0.6) is 0 Å². The average molecular weight is 255 g/mol. The second kappa shape index (κ2) is 5.85. The van der Waals surface area contributed by atoms with Crippen molar-refractivity contribution in [3.63, 3.8) is 0 Å². The van der Waals surface area contributed by atoms with Crippen LogP contribution >= 0.6 is 0 Å². The monoisotopic (exact) mass is 255 g/mol. The molecule has 2 aromatic rings. The fourth-order valence-electron chi connectivity index (χ4n) is 2.03. The summed E-state index contributed by atoms with van der Waals surface area (Å²) in [5.74, 6) is 0. The van der Waals surface area contributed by atoms with Gasteiger partial charge in [0, 0.05) is 19.6 Å². The molecule has 19 heavy (non-hydrogen) atoms. The van der Waals surface area contributed by atoms with Gasteiger partial charge in [-0.1, -0.05) is 24.3 Å². The second-order valence-corrected chi connectivity index (χ2v) is 5.01. The molecular formula is C16H21N3. The SMILES string of the molecule is Cc1ccccc1CN(C)c1ccc([C@H](C)N)nc1. The van der Waals surface area contributed by atoms with E-state index in [1.54, 1.807) is 0 Å². The molecular weight excluding hydrogens is 234 g/mol. The van der Waals surface area contributed by atoms with E-state index in [0.717, 1.165) is 17.9 Å². The van der Waals surface area contributed by atoms with Crippen molar-refractivity contribution >= 4 is 5.69 Å². The topological polar surface area (TPSA) is 42.1 Å². The molecule has 3 nitrogen and oxygen atoms in total. The molecule has 3 heteroatoms. The van der Waals surface area contributed by atoms with Gasteiger partial charge in [0.2, 0.25) is 0 Å². The van der Waals surface area contributed by atoms with Crippen molar-refractivity contribution in [3.05, 3.63) is 59.4 Å². The Morgan fingerprint density at radius 1 is 1.21 bits per heavy atom. The molecule has 2 N–H and O–H groups in total. The van der Waals surface area contributed by atoms with Crippen LogP contribution < -0.4 is 10.6 Å². The van der Waals surface area contributed by atoms with Gasteiger partial charge in [-0.2, -0.15) is 0 Å². The van der Waals surface area contributed by atoms with Crippen molar-refractivity contribution in [2.24, 2.45) is 5.73 Å². The number of anilines is 1. The summed E-state index contributed by atoms with van der Waals surface area (Å²) in [5.41, 5.74) is 10.5. The van der Waals surface area contributed by atoms with Gasteiger partial charge in [0.1, 0.15) is 0 Å². The predicted molar refractivity (Wildman–Crippen MR) is 80.1 cm³/mol. The first-order chi connectivity index (χ1) is 9.08. The van der Waals surface area contributed by atoms with E-state index in [1.165, 1.54) is 11.1 Å². The minimum absolute atomic E-state index is 0.0178. The molecule has 1 aromatic heterocycles. The molecule has 0 radical (unpaired) electrons. The van der Waals surface area contributed by atoms with Crippen LogP contribution in [0.2, 0.25) is 0 Å². The third-order valence-corrected chi connectivity index (χ3v) is 3.35. The van der Waals surface area contributed by atoms with Gasteiger partial charge in [0.15, 0.2) is 0 Å². The number of hydrogen-bond donors (Lipinski definition) is 1. The smallest absolute Gasteiger partial charge is 0.0569 e. The first kappa shape index (κ1) is 13.6. The molecule has 0 spiro atoms. The van der Waals surface area contributed by atoms with Gasteiger partial charge in [-0.25, -0.2) is 0 Å². The molecule has 0 amide bonds. The second-order valence-electron chi connectivity index (χ2n) is 5.01. The molecule has 1 heterocycles. The minimum atomic E-state index is -0.0178. The van der Waals surface area contributed by atoms with E-state index in [9.17, 15) is 0 Å². The summed E-state index contributed by atoms with van der Waals surface area (Å²) in [7, 11) is 2.08. The lowest BCUT2D eigenvalue weighted by Gasteiger charge is -2.20. The molecule has 0 unspecified atom stereocenters. The van der Waals surface area contributed by atoms with Crippen molar-refractivity contribution in [3.8, 4) is 0 Å². The number of rotatable bonds is 4. The molecule has 1 aromatic carbocycles. The van der Waals surface area contributed by atoms with Crippen molar-refractivity contribution in [1.29, 1.82) is 0 Å². The lowest BCUT2D eigenvalue weighted by Crippen LogP contribution is -2.17. The van der Waals surface area contributed by atoms with Gasteiger partial charge in [0.05, 0.1) is 17.6 Å². The number of aromatic nitrogens is 1. The summed E-state index contributed by atoms with van der Waals surface area (Å²) >= 11 is 0. The number of benzene rings is 1. The van der Waals surface area contributed by atoms with Gasteiger partial charge in [0.25, 0.3) is 0 Å². The van der Waals surface area contributed by atoms with Gasteiger partial charge in [-0.05, 0) is 37.1 Å². The van der Waals surface area contributed by atoms with Crippen LogP contribution in [-0.4, -0.2) is 12.0 Å². The minimum Gasteiger partial charge on any atom is -0.369 e. The zero-order chi connectivity index (χ0) is 13.8. The summed E-state index contributed by atoms with van der Waals surface area (Å²) < 4.78 is 0. The van der Waals surface area contributed by atoms with Crippen LogP contribution in [0.15, 0.2) is 42.6 Å². The van der Waals surface area contributed by atoms with Crippen molar-refractivity contribution in [1.82, 2.24) is 4.98 Å². The van der Waals surface area contributed by atoms with E-state index in [2.05, 4.69) is 54.2 Å². The average Bonchev–Trinajstić information content (AvgIpc) is 2.41. The number of hydrogen-bond acceptors (Lipinski definition) is 3. The van der Waals surface area contributed by atoms with E-state index in [4.69, 9.17) is 5.73 Å². The summed E-state index contributed by atoms with van der Waals surface area (Å²) in [5, 5.41) is 0. The van der Waals surface area contributed by atoms with E-state index in [1.807, 2.05) is 19.2 Å². The quantitative estimate of drug-likeness (QED) is 0.913. The molecule has 1 atom stereocenters. The highest BCUT2D eigenvalue weighted by atomic mass is 15.1. The highest BCUT2D eigenvalue weighted by Crippen LogP contribution is 2.17. The predicted octanol–water partition coefficient (Wildman–Crippen LogP) is 3.05. The Morgan fingerprint density at radius 2 is 1.95 bits per heavy atom. The Morgan fingerprint density at radius 3 is 2.53 bits per heavy atom. The summed E-state index contributed by atoms with van der Waals surface area (Å²) in [4.78, 5) is 6.59. The van der Waals surface area contributed by atoms with Crippen LogP contribution in [-0.2, 0) is 6.54 Å². The fourth-order valence-corrected chi connectivity index (χ4v) is 2.03. The van der Waals surface area contributed by atoms with Gasteiger partial charge >= 0.3 is 0 Å². The number of nitrogens with zero attached hydrogens (tertiary/aromatic N) is 2. The molecule has 0 saturated heterocycles. The number of aryl methyl sites for hydroxylation is 1. The first-order valence-electron chi connectivity index (χ1n) is 6.55. The van der Waals surface area contributed by atoms with E-state index < -0.39 is 0 Å². The standard InChI is InChI=1S/C16H21N3/c1-12-6-4-5-7-14(12)11-19(3)15-8-9-16(13(2)17)18-10-15/h4-10,13H,11,17H2,1-3H3/t13-/m0/s1. The zero-order valence-corrected chi connectivity index (χ0v) is 11.8. The Kier molecular flexibility index (Phi) is 4.17. The van der Waals surface area contributed by atoms with Crippen molar-refractivity contribution < 1.29 is 0 Å². The lowest BCUT2D eigenvalue weighted by atomic mass is 10.1. The molecule has 2 rings (SSSR count). The fraction of sp³-hybridized carbons (Fsp3) is 0.312. The van der Waals surface area contributed by atoms with Crippen LogP contribution in [0, 0.1) is 6.92 Å². The molecule has 0 aliphatic heterocycles. The van der Waals surface area contributed by atoms with E-state index in [-0.39, 0.29) is 6.04 Å². The van der Waals surface area contributed by atoms with Crippen LogP contribution in [0.1, 0.15) is 29.8 Å². The van der Waals surface area contributed by atoms with Crippen molar-refractivity contribution in [2.45, 2.75) is 26.4 Å². The summed E-state index contributed by atoms with van der Waals surface area (Å²) in [6.45, 7) is 4.96.